The van der Waals surface area contributed by atoms with Gasteiger partial charge >= 0.3 is 0 Å². The first-order valence-electron chi connectivity index (χ1n) is 5.86. The van der Waals surface area contributed by atoms with Crippen molar-refractivity contribution in [3.05, 3.63) is 56.5 Å². The van der Waals surface area contributed by atoms with Gasteiger partial charge in [0, 0.05) is 9.13 Å². The maximum Gasteiger partial charge on any atom is 0.174 e. The Morgan fingerprint density at radius 1 is 1.11 bits per heavy atom. The first kappa shape index (κ1) is 14.0. The molecule has 2 aromatic rings. The summed E-state index contributed by atoms with van der Waals surface area (Å²) in [6.45, 7) is 3.51. The molecular weight excluding hydrogens is 355 g/mol. The number of halogens is 1. The van der Waals surface area contributed by atoms with Crippen LogP contribution in [-0.2, 0) is 0 Å². The molecular formula is C15H13IO3. The number of benzene rings is 1. The van der Waals surface area contributed by atoms with Crippen LogP contribution in [0.25, 0.3) is 0 Å². The van der Waals surface area contributed by atoms with Crippen LogP contribution in [0, 0.1) is 17.4 Å². The predicted octanol–water partition coefficient (Wildman–Crippen LogP) is 3.96. The van der Waals surface area contributed by atoms with Crippen molar-refractivity contribution in [2.75, 3.05) is 0 Å². The molecule has 0 spiro atoms. The van der Waals surface area contributed by atoms with Gasteiger partial charge in [-0.3, -0.25) is 9.59 Å². The second-order valence-corrected chi connectivity index (χ2v) is 5.60. The van der Waals surface area contributed by atoms with Crippen LogP contribution in [0.15, 0.2) is 34.7 Å². The Kier molecular flexibility index (Phi) is 4.19. The molecule has 1 heterocycles. The lowest BCUT2D eigenvalue weighted by Crippen LogP contribution is -2.08. The molecule has 0 radical (unpaired) electrons. The Morgan fingerprint density at radius 3 is 2.26 bits per heavy atom. The van der Waals surface area contributed by atoms with E-state index in [1.54, 1.807) is 32.0 Å². The third kappa shape index (κ3) is 3.32. The molecule has 0 unspecified atom stereocenters. The molecule has 0 aliphatic heterocycles. The average Bonchev–Trinajstić information content (AvgIpc) is 2.69. The van der Waals surface area contributed by atoms with E-state index in [0.29, 0.717) is 22.6 Å². The van der Waals surface area contributed by atoms with Crippen molar-refractivity contribution < 1.29 is 14.0 Å². The molecule has 0 atom stereocenters. The van der Waals surface area contributed by atoms with Crippen LogP contribution in [-0.4, -0.2) is 11.6 Å². The van der Waals surface area contributed by atoms with Crippen LogP contribution in [0.1, 0.15) is 38.7 Å². The molecule has 0 aliphatic carbocycles. The zero-order chi connectivity index (χ0) is 14.0. The number of carbonyl (C=O) groups excluding carboxylic acids is 2. The zero-order valence-electron chi connectivity index (χ0n) is 10.7. The van der Waals surface area contributed by atoms with E-state index >= 15 is 0 Å². The summed E-state index contributed by atoms with van der Waals surface area (Å²) in [5.74, 6) is 0.887. The maximum absolute atomic E-state index is 12.0. The summed E-state index contributed by atoms with van der Waals surface area (Å²) in [4.78, 5) is 24.1. The van der Waals surface area contributed by atoms with Crippen molar-refractivity contribution in [2.45, 2.75) is 20.3 Å². The maximum atomic E-state index is 12.0. The molecule has 2 rings (SSSR count). The van der Waals surface area contributed by atoms with Gasteiger partial charge < -0.3 is 4.42 Å². The Bertz CT molecular complexity index is 623. The molecule has 0 fully saturated rings. The van der Waals surface area contributed by atoms with Gasteiger partial charge in [-0.05, 0) is 54.6 Å². The van der Waals surface area contributed by atoms with Gasteiger partial charge in [-0.15, -0.1) is 0 Å². The molecule has 0 saturated carbocycles. The lowest BCUT2D eigenvalue weighted by molar-refractivity contribution is 0.0893. The van der Waals surface area contributed by atoms with E-state index in [4.69, 9.17) is 4.42 Å². The summed E-state index contributed by atoms with van der Waals surface area (Å²) in [6.07, 6.45) is -0.125. The van der Waals surface area contributed by atoms with E-state index < -0.39 is 0 Å². The van der Waals surface area contributed by atoms with Crippen LogP contribution < -0.4 is 0 Å². The van der Waals surface area contributed by atoms with Gasteiger partial charge in [0.2, 0.25) is 0 Å². The van der Waals surface area contributed by atoms with Gasteiger partial charge in [-0.2, -0.15) is 0 Å². The van der Waals surface area contributed by atoms with E-state index in [0.717, 1.165) is 3.57 Å². The molecule has 0 aliphatic rings. The molecule has 0 bridgehead atoms. The summed E-state index contributed by atoms with van der Waals surface area (Å²) in [5, 5.41) is 0. The summed E-state index contributed by atoms with van der Waals surface area (Å²) in [7, 11) is 0. The highest BCUT2D eigenvalue weighted by Gasteiger charge is 2.17. The molecule has 98 valence electrons. The van der Waals surface area contributed by atoms with Gasteiger partial charge in [-0.1, -0.05) is 12.1 Å². The van der Waals surface area contributed by atoms with Gasteiger partial charge in [0.1, 0.15) is 11.5 Å². The van der Waals surface area contributed by atoms with Crippen LogP contribution in [0.4, 0.5) is 0 Å². The highest BCUT2D eigenvalue weighted by Crippen LogP contribution is 2.17. The smallest absolute Gasteiger partial charge is 0.174 e. The highest BCUT2D eigenvalue weighted by atomic mass is 127. The van der Waals surface area contributed by atoms with E-state index in [-0.39, 0.29) is 18.0 Å². The molecule has 0 saturated heterocycles. The van der Waals surface area contributed by atoms with Crippen molar-refractivity contribution in [3.8, 4) is 0 Å². The topological polar surface area (TPSA) is 47.3 Å². The minimum atomic E-state index is -0.196. The molecule has 1 aromatic heterocycles. The van der Waals surface area contributed by atoms with Crippen molar-refractivity contribution in [3.63, 3.8) is 0 Å². The lowest BCUT2D eigenvalue weighted by atomic mass is 10.0. The third-order valence-electron chi connectivity index (χ3n) is 2.83. The predicted molar refractivity (Wildman–Crippen MR) is 80.6 cm³/mol. The van der Waals surface area contributed by atoms with E-state index in [9.17, 15) is 9.59 Å². The minimum Gasteiger partial charge on any atom is -0.466 e. The fourth-order valence-corrected chi connectivity index (χ4v) is 2.25. The summed E-state index contributed by atoms with van der Waals surface area (Å²) >= 11 is 2.17. The van der Waals surface area contributed by atoms with Gasteiger partial charge in [-0.25, -0.2) is 0 Å². The van der Waals surface area contributed by atoms with Crippen molar-refractivity contribution in [2.24, 2.45) is 0 Å². The number of furan rings is 1. The first-order chi connectivity index (χ1) is 8.97. The van der Waals surface area contributed by atoms with Gasteiger partial charge in [0.05, 0.1) is 12.0 Å². The fourth-order valence-electron chi connectivity index (χ4n) is 1.89. The standard InChI is InChI=1S/C15H13IO3/c1-9-7-13(10(2)19-9)15(18)8-14(17)11-3-5-12(16)6-4-11/h3-7H,8H2,1-2H3. The number of rotatable bonds is 4. The molecule has 4 heteroatoms. The monoisotopic (exact) mass is 368 g/mol. The molecule has 1 aromatic carbocycles. The number of hydrogen-bond acceptors (Lipinski definition) is 3. The van der Waals surface area contributed by atoms with Crippen molar-refractivity contribution in [1.29, 1.82) is 0 Å². The van der Waals surface area contributed by atoms with Gasteiger partial charge in [0.25, 0.3) is 0 Å². The number of aryl methyl sites for hydroxylation is 2. The van der Waals surface area contributed by atoms with Crippen LogP contribution in [0.3, 0.4) is 0 Å². The second kappa shape index (κ2) is 5.69. The lowest BCUT2D eigenvalue weighted by Gasteiger charge is -2.00. The minimum absolute atomic E-state index is 0.125. The zero-order valence-corrected chi connectivity index (χ0v) is 12.9. The Labute approximate surface area is 125 Å². The summed E-state index contributed by atoms with van der Waals surface area (Å²) in [6, 6.07) is 8.87. The van der Waals surface area contributed by atoms with Crippen molar-refractivity contribution in [1.82, 2.24) is 0 Å². The van der Waals surface area contributed by atoms with E-state index in [1.807, 2.05) is 12.1 Å². The molecule has 0 N–H and O–H groups in total. The van der Waals surface area contributed by atoms with E-state index in [2.05, 4.69) is 22.6 Å². The highest BCUT2D eigenvalue weighted by molar-refractivity contribution is 14.1. The van der Waals surface area contributed by atoms with Crippen LogP contribution in [0.5, 0.6) is 0 Å². The third-order valence-corrected chi connectivity index (χ3v) is 3.55. The average molecular weight is 368 g/mol. The SMILES string of the molecule is Cc1cc(C(=O)CC(=O)c2ccc(I)cc2)c(C)o1. The number of ketones is 2. The number of hydrogen-bond donors (Lipinski definition) is 0. The molecule has 3 nitrogen and oxygen atoms in total. The number of carbonyl (C=O) groups is 2. The first-order valence-corrected chi connectivity index (χ1v) is 6.94. The normalized spacial score (nSPS) is 10.5. The Morgan fingerprint density at radius 2 is 1.74 bits per heavy atom. The van der Waals surface area contributed by atoms with Crippen LogP contribution >= 0.6 is 22.6 Å². The van der Waals surface area contributed by atoms with E-state index in [1.165, 1.54) is 0 Å². The number of Topliss-reactive ketones (excluding diaryl/α,β-unsaturated/α-hetero) is 2. The fraction of sp³-hybridized carbons (Fsp3) is 0.200. The van der Waals surface area contributed by atoms with Crippen LogP contribution in [0.2, 0.25) is 0 Å². The quantitative estimate of drug-likeness (QED) is 0.466. The second-order valence-electron chi connectivity index (χ2n) is 4.36. The summed E-state index contributed by atoms with van der Waals surface area (Å²) < 4.78 is 6.36. The summed E-state index contributed by atoms with van der Waals surface area (Å²) in [5.41, 5.74) is 1.06. The van der Waals surface area contributed by atoms with Gasteiger partial charge in [0.15, 0.2) is 11.6 Å². The molecule has 19 heavy (non-hydrogen) atoms. The molecule has 0 amide bonds. The Hall–Kier alpha value is -1.43. The van der Waals surface area contributed by atoms with Crippen molar-refractivity contribution >= 4 is 34.2 Å². The Balaban J connectivity index is 2.13. The largest absolute Gasteiger partial charge is 0.466 e.